The Bertz CT molecular complexity index is 2070. The maximum Gasteiger partial charge on any atom is 0.343 e. The first-order chi connectivity index (χ1) is 23.8. The maximum atomic E-state index is 14.5. The number of Topliss-reactive ketones (excluding diaryl/α,β-unsaturated/α-hetero) is 1. The lowest BCUT2D eigenvalue weighted by Gasteiger charge is -2.45. The highest BCUT2D eigenvalue weighted by atomic mass is 35.5. The van der Waals surface area contributed by atoms with Gasteiger partial charge >= 0.3 is 5.97 Å². The number of carbonyl (C=O) groups is 5. The summed E-state index contributed by atoms with van der Waals surface area (Å²) in [7, 11) is 0. The third-order valence-corrected chi connectivity index (χ3v) is 10.0. The summed E-state index contributed by atoms with van der Waals surface area (Å²) in [5.41, 5.74) is 4.56. The van der Waals surface area contributed by atoms with E-state index in [1.807, 2.05) is 48.5 Å². The summed E-state index contributed by atoms with van der Waals surface area (Å²) in [5.74, 6) is -4.97. The Kier molecular flexibility index (Phi) is 7.45. The van der Waals surface area contributed by atoms with Gasteiger partial charge in [0.25, 0.3) is 17.7 Å². The molecular weight excluding hydrogens is 640 g/mol. The predicted octanol–water partition coefficient (Wildman–Crippen LogP) is 6.69. The lowest BCUT2D eigenvalue weighted by molar-refractivity contribution is -0.154. The van der Waals surface area contributed by atoms with Crippen LogP contribution in [0.15, 0.2) is 127 Å². The van der Waals surface area contributed by atoms with Crippen molar-refractivity contribution in [2.45, 2.75) is 11.8 Å². The third-order valence-electron chi connectivity index (χ3n) is 9.70. The van der Waals surface area contributed by atoms with Gasteiger partial charge in [-0.3, -0.25) is 19.2 Å². The standard InChI is InChI=1S/C40H27ClN2O6/c41-31-17-9-8-16-30(31)37(45)42(22-32(44)23-18-20-25(21-19-23)49-40(48)24-10-2-1-3-11-24)43-38(46)35-33-26-12-4-5-13-27(26)34(36(35)39(43)47)29-15-7-6-14-28(29)33/h1-21,33-36H,22H2/t33?,34?,35-,36-/m1/s1. The molecule has 0 N–H and O–H groups in total. The molecule has 1 aliphatic heterocycles. The summed E-state index contributed by atoms with van der Waals surface area (Å²) in [6, 6.07) is 36.4. The van der Waals surface area contributed by atoms with E-state index < -0.39 is 47.9 Å². The smallest absolute Gasteiger partial charge is 0.343 e. The number of rotatable bonds is 7. The van der Waals surface area contributed by atoms with Crippen LogP contribution in [0.4, 0.5) is 0 Å². The van der Waals surface area contributed by atoms with Crippen LogP contribution in [0.1, 0.15) is 65.2 Å². The normalized spacial score (nSPS) is 19.9. The van der Waals surface area contributed by atoms with E-state index in [9.17, 15) is 24.0 Å². The number of amides is 3. The monoisotopic (exact) mass is 666 g/mol. The Morgan fingerprint density at radius 2 is 1.10 bits per heavy atom. The van der Waals surface area contributed by atoms with Crippen LogP contribution in [0.2, 0.25) is 5.02 Å². The minimum Gasteiger partial charge on any atom is -0.423 e. The van der Waals surface area contributed by atoms with E-state index in [1.54, 1.807) is 42.5 Å². The van der Waals surface area contributed by atoms with Crippen molar-refractivity contribution in [2.24, 2.45) is 11.8 Å². The van der Waals surface area contributed by atoms with Gasteiger partial charge in [0.2, 0.25) is 0 Å². The molecule has 3 aliphatic carbocycles. The Morgan fingerprint density at radius 1 is 0.612 bits per heavy atom. The van der Waals surface area contributed by atoms with Gasteiger partial charge in [0.05, 0.1) is 28.0 Å². The molecule has 9 heteroatoms. The van der Waals surface area contributed by atoms with E-state index in [-0.39, 0.29) is 33.7 Å². The van der Waals surface area contributed by atoms with Crippen LogP contribution in [-0.2, 0) is 9.59 Å². The summed E-state index contributed by atoms with van der Waals surface area (Å²) in [5, 5.41) is 1.93. The van der Waals surface area contributed by atoms with Gasteiger partial charge in [0.1, 0.15) is 12.3 Å². The fourth-order valence-corrected chi connectivity index (χ4v) is 7.80. The number of hydrogen-bond donors (Lipinski definition) is 0. The zero-order chi connectivity index (χ0) is 33.8. The topological polar surface area (TPSA) is 101 Å². The molecule has 2 atom stereocenters. The fraction of sp³-hybridized carbons (Fsp3) is 0.125. The second-order valence-corrected chi connectivity index (χ2v) is 12.7. The van der Waals surface area contributed by atoms with Gasteiger partial charge < -0.3 is 4.74 Å². The molecule has 1 fully saturated rings. The summed E-state index contributed by atoms with van der Waals surface area (Å²) in [6.45, 7) is -0.612. The van der Waals surface area contributed by atoms with E-state index >= 15 is 0 Å². The number of carbonyl (C=O) groups excluding carboxylic acids is 5. The molecule has 240 valence electrons. The van der Waals surface area contributed by atoms with Crippen LogP contribution in [-0.4, -0.2) is 46.0 Å². The quantitative estimate of drug-likeness (QED) is 0.0830. The van der Waals surface area contributed by atoms with Gasteiger partial charge in [-0.05, 0) is 70.8 Å². The molecule has 4 aliphatic rings. The number of ketones is 1. The SMILES string of the molecule is O=C(CN(C(=O)c1ccccc1Cl)N1C(=O)[C@@H]2C3c4ccccc4C(c4ccccc43)[C@H]2C1=O)c1ccc(OC(=O)c2ccccc2)cc1. The Morgan fingerprint density at radius 3 is 1.63 bits per heavy atom. The van der Waals surface area contributed by atoms with Crippen LogP contribution in [0.3, 0.4) is 0 Å². The average molecular weight is 667 g/mol. The predicted molar refractivity (Wildman–Crippen MR) is 180 cm³/mol. The number of imide groups is 1. The number of nitrogens with zero attached hydrogens (tertiary/aromatic N) is 2. The lowest BCUT2D eigenvalue weighted by Crippen LogP contribution is -2.52. The van der Waals surface area contributed by atoms with E-state index in [0.717, 1.165) is 32.3 Å². The molecule has 49 heavy (non-hydrogen) atoms. The Hall–Kier alpha value is -5.86. The summed E-state index contributed by atoms with van der Waals surface area (Å²) < 4.78 is 5.44. The minimum atomic E-state index is -0.755. The molecular formula is C40H27ClN2O6. The fourth-order valence-electron chi connectivity index (χ4n) is 7.58. The molecule has 0 radical (unpaired) electrons. The maximum absolute atomic E-state index is 14.5. The van der Waals surface area contributed by atoms with Crippen molar-refractivity contribution in [3.05, 3.63) is 171 Å². The van der Waals surface area contributed by atoms with Crippen molar-refractivity contribution in [1.29, 1.82) is 0 Å². The number of ether oxygens (including phenoxy) is 1. The molecule has 3 amide bonds. The van der Waals surface area contributed by atoms with Gasteiger partial charge in [-0.15, -0.1) is 0 Å². The van der Waals surface area contributed by atoms with E-state index in [0.29, 0.717) is 5.56 Å². The first kappa shape index (κ1) is 30.5. The van der Waals surface area contributed by atoms with Gasteiger partial charge in [-0.1, -0.05) is 90.5 Å². The number of hydrazine groups is 1. The number of benzene rings is 5. The van der Waals surface area contributed by atoms with Gasteiger partial charge in [0, 0.05) is 17.4 Å². The molecule has 0 spiro atoms. The van der Waals surface area contributed by atoms with Crippen molar-refractivity contribution in [3.63, 3.8) is 0 Å². The molecule has 0 unspecified atom stereocenters. The molecule has 1 heterocycles. The van der Waals surface area contributed by atoms with Crippen molar-refractivity contribution in [2.75, 3.05) is 6.54 Å². The van der Waals surface area contributed by atoms with E-state index in [1.165, 1.54) is 36.4 Å². The average Bonchev–Trinajstić information content (AvgIpc) is 3.40. The molecule has 5 aromatic carbocycles. The summed E-state index contributed by atoms with van der Waals surface area (Å²) >= 11 is 6.44. The van der Waals surface area contributed by atoms with Gasteiger partial charge in [-0.25, -0.2) is 9.80 Å². The molecule has 8 nitrogen and oxygen atoms in total. The Labute approximate surface area is 286 Å². The van der Waals surface area contributed by atoms with Crippen LogP contribution in [0, 0.1) is 11.8 Å². The van der Waals surface area contributed by atoms with Crippen molar-refractivity contribution >= 4 is 41.1 Å². The zero-order valence-electron chi connectivity index (χ0n) is 25.9. The van der Waals surface area contributed by atoms with Crippen LogP contribution < -0.4 is 4.74 Å². The summed E-state index contributed by atoms with van der Waals surface area (Å²) in [4.78, 5) is 69.6. The third kappa shape index (κ3) is 4.95. The largest absolute Gasteiger partial charge is 0.423 e. The van der Waals surface area contributed by atoms with Gasteiger partial charge in [0.15, 0.2) is 5.78 Å². The minimum absolute atomic E-state index is 0.0464. The van der Waals surface area contributed by atoms with Gasteiger partial charge in [-0.2, -0.15) is 5.01 Å². The van der Waals surface area contributed by atoms with Crippen LogP contribution >= 0.6 is 11.6 Å². The highest BCUT2D eigenvalue weighted by molar-refractivity contribution is 6.34. The number of esters is 1. The van der Waals surface area contributed by atoms with Crippen LogP contribution in [0.25, 0.3) is 0 Å². The molecule has 0 saturated carbocycles. The molecule has 0 aromatic heterocycles. The van der Waals surface area contributed by atoms with Crippen molar-refractivity contribution in [1.82, 2.24) is 10.0 Å². The molecule has 5 aromatic rings. The van der Waals surface area contributed by atoms with Crippen molar-refractivity contribution < 1.29 is 28.7 Å². The molecule has 9 rings (SSSR count). The van der Waals surface area contributed by atoms with E-state index in [4.69, 9.17) is 16.3 Å². The molecule has 1 saturated heterocycles. The first-order valence-corrected chi connectivity index (χ1v) is 16.2. The van der Waals surface area contributed by atoms with E-state index in [2.05, 4.69) is 0 Å². The number of halogens is 1. The second-order valence-electron chi connectivity index (χ2n) is 12.3. The van der Waals surface area contributed by atoms with Crippen LogP contribution in [0.5, 0.6) is 5.75 Å². The second kappa shape index (κ2) is 12.0. The lowest BCUT2D eigenvalue weighted by atomic mass is 9.55. The zero-order valence-corrected chi connectivity index (χ0v) is 26.6. The molecule has 2 bridgehead atoms. The highest BCUT2D eigenvalue weighted by Crippen LogP contribution is 2.61. The first-order valence-electron chi connectivity index (χ1n) is 15.9. The highest BCUT2D eigenvalue weighted by Gasteiger charge is 2.63. The summed E-state index contributed by atoms with van der Waals surface area (Å²) in [6.07, 6.45) is 0. The van der Waals surface area contributed by atoms with Crippen molar-refractivity contribution in [3.8, 4) is 5.75 Å². The number of hydrogen-bond acceptors (Lipinski definition) is 6. The Balaban J connectivity index is 1.13.